The number of hydrogen-bond acceptors (Lipinski definition) is 5. The molecule has 0 spiro atoms. The summed E-state index contributed by atoms with van der Waals surface area (Å²) >= 11 is 0. The van der Waals surface area contributed by atoms with Crippen molar-refractivity contribution in [1.82, 2.24) is 4.90 Å². The summed E-state index contributed by atoms with van der Waals surface area (Å²) in [6.45, 7) is 0.599. The number of oxime groups is 1. The van der Waals surface area contributed by atoms with E-state index in [1.807, 2.05) is 48.5 Å². The van der Waals surface area contributed by atoms with E-state index in [0.29, 0.717) is 24.5 Å². The fourth-order valence-electron chi connectivity index (χ4n) is 3.79. The molecule has 0 saturated heterocycles. The molecule has 6 nitrogen and oxygen atoms in total. The van der Waals surface area contributed by atoms with Gasteiger partial charge in [0.05, 0.1) is 32.0 Å². The fourth-order valence-corrected chi connectivity index (χ4v) is 3.79. The van der Waals surface area contributed by atoms with Gasteiger partial charge in [-0.2, -0.15) is 0 Å². The molecule has 1 amide bonds. The summed E-state index contributed by atoms with van der Waals surface area (Å²) in [6.07, 6.45) is 0.151. The van der Waals surface area contributed by atoms with Crippen molar-refractivity contribution < 1.29 is 23.5 Å². The van der Waals surface area contributed by atoms with Gasteiger partial charge in [0.2, 0.25) is 0 Å². The number of hydrogen-bond donors (Lipinski definition) is 0. The quantitative estimate of drug-likeness (QED) is 0.502. The Bertz CT molecular complexity index is 1150. The first-order chi connectivity index (χ1) is 16.1. The summed E-state index contributed by atoms with van der Waals surface area (Å²) < 4.78 is 25.0. The molecule has 0 N–H and O–H groups in total. The normalized spacial score (nSPS) is 14.9. The molecule has 0 unspecified atom stereocenters. The zero-order chi connectivity index (χ0) is 23.2. The number of rotatable bonds is 8. The van der Waals surface area contributed by atoms with Crippen molar-refractivity contribution in [3.8, 4) is 11.5 Å². The van der Waals surface area contributed by atoms with Crippen LogP contribution in [-0.4, -0.2) is 43.4 Å². The molecule has 1 atom stereocenters. The largest absolute Gasteiger partial charge is 0.493 e. The third-order valence-electron chi connectivity index (χ3n) is 5.48. The average Bonchev–Trinajstić information content (AvgIpc) is 3.32. The molecule has 170 valence electrons. The lowest BCUT2D eigenvalue weighted by molar-refractivity contribution is 0.0402. The summed E-state index contributed by atoms with van der Waals surface area (Å²) in [5, 5.41) is 4.24. The third-order valence-corrected chi connectivity index (χ3v) is 5.48. The second kappa shape index (κ2) is 10.2. The highest BCUT2D eigenvalue weighted by atomic mass is 19.1. The van der Waals surface area contributed by atoms with Crippen LogP contribution in [0.25, 0.3) is 0 Å². The van der Waals surface area contributed by atoms with Gasteiger partial charge in [-0.05, 0) is 35.9 Å². The van der Waals surface area contributed by atoms with Gasteiger partial charge < -0.3 is 19.2 Å². The van der Waals surface area contributed by atoms with E-state index < -0.39 is 5.82 Å². The van der Waals surface area contributed by atoms with Gasteiger partial charge in [0.1, 0.15) is 5.82 Å². The van der Waals surface area contributed by atoms with Crippen LogP contribution in [0.15, 0.2) is 78.0 Å². The highest BCUT2D eigenvalue weighted by molar-refractivity contribution is 6.02. The average molecular weight is 448 g/mol. The van der Waals surface area contributed by atoms with Crippen LogP contribution < -0.4 is 9.47 Å². The van der Waals surface area contributed by atoms with Crippen LogP contribution in [0.2, 0.25) is 0 Å². The minimum Gasteiger partial charge on any atom is -0.493 e. The fraction of sp³-hybridized carbons (Fsp3) is 0.231. The van der Waals surface area contributed by atoms with Crippen molar-refractivity contribution in [2.45, 2.75) is 19.1 Å². The van der Waals surface area contributed by atoms with Crippen LogP contribution in [0.3, 0.4) is 0 Å². The van der Waals surface area contributed by atoms with E-state index in [4.69, 9.17) is 14.3 Å². The standard InChI is InChI=1S/C26H25FN2O4/c1-31-24-13-12-19(14-25(24)32-2)23-15-20(33-28-23)17-29(16-18-8-4-3-5-9-18)26(30)21-10-6-7-11-22(21)27/h3-14,20H,15-17H2,1-2H3/t20-/m1/s1. The summed E-state index contributed by atoms with van der Waals surface area (Å²) in [5.74, 6) is 0.290. The number of carbonyl (C=O) groups excluding carboxylic acids is 1. The molecule has 0 aromatic heterocycles. The predicted octanol–water partition coefficient (Wildman–Crippen LogP) is 4.68. The highest BCUT2D eigenvalue weighted by Crippen LogP contribution is 2.30. The SMILES string of the molecule is COc1ccc(C2=NO[C@@H](CN(Cc3ccccc3)C(=O)c3ccccc3F)C2)cc1OC. The number of amides is 1. The highest BCUT2D eigenvalue weighted by Gasteiger charge is 2.28. The minimum absolute atomic E-state index is 0.0347. The van der Waals surface area contributed by atoms with E-state index >= 15 is 0 Å². The molecular formula is C26H25FN2O4. The number of methoxy groups -OCH3 is 2. The van der Waals surface area contributed by atoms with Crippen LogP contribution >= 0.6 is 0 Å². The van der Waals surface area contributed by atoms with Crippen LogP contribution in [-0.2, 0) is 11.4 Å². The zero-order valence-corrected chi connectivity index (χ0v) is 18.5. The molecule has 7 heteroatoms. The molecular weight excluding hydrogens is 423 g/mol. The number of nitrogens with zero attached hydrogens (tertiary/aromatic N) is 2. The minimum atomic E-state index is -0.546. The molecule has 1 aliphatic heterocycles. The number of benzene rings is 3. The lowest BCUT2D eigenvalue weighted by Crippen LogP contribution is -2.37. The van der Waals surface area contributed by atoms with Crippen molar-refractivity contribution >= 4 is 11.6 Å². The first-order valence-corrected chi connectivity index (χ1v) is 10.6. The smallest absolute Gasteiger partial charge is 0.257 e. The number of halogens is 1. The van der Waals surface area contributed by atoms with E-state index in [9.17, 15) is 9.18 Å². The Morgan fingerprint density at radius 2 is 1.76 bits per heavy atom. The van der Waals surface area contributed by atoms with Crippen molar-refractivity contribution in [3.05, 3.63) is 95.3 Å². The number of ether oxygens (including phenoxy) is 2. The van der Waals surface area contributed by atoms with Crippen molar-refractivity contribution in [3.63, 3.8) is 0 Å². The third kappa shape index (κ3) is 5.14. The summed E-state index contributed by atoms with van der Waals surface area (Å²) in [5.41, 5.74) is 2.58. The first-order valence-electron chi connectivity index (χ1n) is 10.6. The Morgan fingerprint density at radius 1 is 1.03 bits per heavy atom. The Kier molecular flexibility index (Phi) is 6.88. The van der Waals surface area contributed by atoms with Gasteiger partial charge in [0.25, 0.3) is 5.91 Å². The van der Waals surface area contributed by atoms with Gasteiger partial charge in [0, 0.05) is 18.5 Å². The summed E-state index contributed by atoms with van der Waals surface area (Å²) in [4.78, 5) is 20.5. The van der Waals surface area contributed by atoms with Gasteiger partial charge in [-0.1, -0.05) is 47.6 Å². The van der Waals surface area contributed by atoms with E-state index in [-0.39, 0.29) is 24.1 Å². The van der Waals surface area contributed by atoms with Crippen LogP contribution in [0.4, 0.5) is 4.39 Å². The van der Waals surface area contributed by atoms with E-state index in [2.05, 4.69) is 5.16 Å². The lowest BCUT2D eigenvalue weighted by atomic mass is 10.0. The maximum Gasteiger partial charge on any atom is 0.257 e. The van der Waals surface area contributed by atoms with Crippen LogP contribution in [0, 0.1) is 5.82 Å². The van der Waals surface area contributed by atoms with Gasteiger partial charge >= 0.3 is 0 Å². The second-order valence-corrected chi connectivity index (χ2v) is 7.69. The Labute approximate surface area is 192 Å². The van der Waals surface area contributed by atoms with Gasteiger partial charge in [-0.3, -0.25) is 4.79 Å². The molecule has 1 aliphatic rings. The molecule has 3 aromatic rings. The Morgan fingerprint density at radius 3 is 2.48 bits per heavy atom. The molecule has 0 fully saturated rings. The van der Waals surface area contributed by atoms with Crippen LogP contribution in [0.1, 0.15) is 27.9 Å². The maximum absolute atomic E-state index is 14.3. The molecule has 4 rings (SSSR count). The molecule has 0 saturated carbocycles. The number of carbonyl (C=O) groups is 1. The summed E-state index contributed by atoms with van der Waals surface area (Å²) in [6, 6.07) is 21.1. The first kappa shape index (κ1) is 22.3. The molecule has 33 heavy (non-hydrogen) atoms. The van der Waals surface area contributed by atoms with Crippen molar-refractivity contribution in [1.29, 1.82) is 0 Å². The molecule has 0 radical (unpaired) electrons. The molecule has 0 bridgehead atoms. The van der Waals surface area contributed by atoms with Gasteiger partial charge in [0.15, 0.2) is 17.6 Å². The monoisotopic (exact) mass is 448 g/mol. The van der Waals surface area contributed by atoms with Crippen LogP contribution in [0.5, 0.6) is 11.5 Å². The van der Waals surface area contributed by atoms with Crippen molar-refractivity contribution in [2.75, 3.05) is 20.8 Å². The Hall–Kier alpha value is -3.87. The van der Waals surface area contributed by atoms with Crippen molar-refractivity contribution in [2.24, 2.45) is 5.16 Å². The Balaban J connectivity index is 1.51. The zero-order valence-electron chi connectivity index (χ0n) is 18.5. The lowest BCUT2D eigenvalue weighted by Gasteiger charge is -2.25. The van der Waals surface area contributed by atoms with E-state index in [1.165, 1.54) is 12.1 Å². The second-order valence-electron chi connectivity index (χ2n) is 7.69. The van der Waals surface area contributed by atoms with Gasteiger partial charge in [-0.25, -0.2) is 4.39 Å². The maximum atomic E-state index is 14.3. The van der Waals surface area contributed by atoms with E-state index in [0.717, 1.165) is 16.8 Å². The van der Waals surface area contributed by atoms with E-state index in [1.54, 1.807) is 31.3 Å². The molecule has 1 heterocycles. The topological polar surface area (TPSA) is 60.4 Å². The van der Waals surface area contributed by atoms with Gasteiger partial charge in [-0.15, -0.1) is 0 Å². The predicted molar refractivity (Wildman–Crippen MR) is 123 cm³/mol. The summed E-state index contributed by atoms with van der Waals surface area (Å²) in [7, 11) is 3.16. The molecule has 0 aliphatic carbocycles. The molecule has 3 aromatic carbocycles.